The van der Waals surface area contributed by atoms with Crippen LogP contribution in [0, 0.1) is 0 Å². The van der Waals surface area contributed by atoms with Gasteiger partial charge in [0.15, 0.2) is 0 Å². The summed E-state index contributed by atoms with van der Waals surface area (Å²) in [4.78, 5) is 10.7. The molecular formula is C12H15ClO3. The van der Waals surface area contributed by atoms with Crippen LogP contribution in [-0.2, 0) is 0 Å². The van der Waals surface area contributed by atoms with Crippen LogP contribution in [0.1, 0.15) is 37.0 Å². The molecule has 1 rings (SSSR count). The predicted molar refractivity (Wildman–Crippen MR) is 63.4 cm³/mol. The summed E-state index contributed by atoms with van der Waals surface area (Å²) in [5.41, 5.74) is 0.168. The smallest absolute Gasteiger partial charge is 0.335 e. The molecule has 0 saturated heterocycles. The Hall–Kier alpha value is -1.22. The average Bonchev–Trinajstić information content (AvgIpc) is 2.27. The maximum Gasteiger partial charge on any atom is 0.335 e. The quantitative estimate of drug-likeness (QED) is 0.858. The molecule has 0 fully saturated rings. The minimum atomic E-state index is -0.990. The molecule has 0 aliphatic carbocycles. The average molecular weight is 243 g/mol. The molecular weight excluding hydrogens is 228 g/mol. The van der Waals surface area contributed by atoms with Gasteiger partial charge in [0.2, 0.25) is 0 Å². The summed E-state index contributed by atoms with van der Waals surface area (Å²) in [5.74, 6) is -0.448. The Morgan fingerprint density at radius 3 is 2.50 bits per heavy atom. The van der Waals surface area contributed by atoms with Crippen molar-refractivity contribution < 1.29 is 14.6 Å². The second kappa shape index (κ2) is 5.75. The number of hydrogen-bond acceptors (Lipinski definition) is 2. The van der Waals surface area contributed by atoms with Crippen molar-refractivity contribution in [3.63, 3.8) is 0 Å². The number of carboxylic acid groups (broad SMARTS) is 1. The van der Waals surface area contributed by atoms with Crippen LogP contribution in [0.5, 0.6) is 5.75 Å². The van der Waals surface area contributed by atoms with E-state index in [1.165, 1.54) is 12.1 Å². The Kier molecular flexibility index (Phi) is 4.62. The first-order valence-corrected chi connectivity index (χ1v) is 5.65. The lowest BCUT2D eigenvalue weighted by Gasteiger charge is -2.16. The van der Waals surface area contributed by atoms with Gasteiger partial charge in [-0.15, -0.1) is 0 Å². The fourth-order valence-electron chi connectivity index (χ4n) is 1.36. The van der Waals surface area contributed by atoms with E-state index in [-0.39, 0.29) is 11.7 Å². The fraction of sp³-hybridized carbons (Fsp3) is 0.417. The molecule has 0 heterocycles. The number of halogens is 1. The van der Waals surface area contributed by atoms with E-state index in [0.29, 0.717) is 10.8 Å². The molecule has 1 aromatic rings. The van der Waals surface area contributed by atoms with Crippen molar-refractivity contribution in [2.75, 3.05) is 0 Å². The van der Waals surface area contributed by atoms with Gasteiger partial charge in [0.05, 0.1) is 16.7 Å². The van der Waals surface area contributed by atoms with Gasteiger partial charge in [0.1, 0.15) is 5.75 Å². The van der Waals surface area contributed by atoms with Crippen LogP contribution in [0.4, 0.5) is 0 Å². The third-order valence-electron chi connectivity index (χ3n) is 2.38. The summed E-state index contributed by atoms with van der Waals surface area (Å²) < 4.78 is 5.65. The minimum Gasteiger partial charge on any atom is -0.489 e. The zero-order valence-corrected chi connectivity index (χ0v) is 10.1. The summed E-state index contributed by atoms with van der Waals surface area (Å²) in [6.45, 7) is 4.07. The van der Waals surface area contributed by atoms with Gasteiger partial charge in [-0.25, -0.2) is 4.79 Å². The van der Waals surface area contributed by atoms with E-state index in [0.717, 1.165) is 12.8 Å². The summed E-state index contributed by atoms with van der Waals surface area (Å²) in [6, 6.07) is 4.50. The first kappa shape index (κ1) is 12.8. The van der Waals surface area contributed by atoms with Crippen molar-refractivity contribution in [3.05, 3.63) is 28.8 Å². The third kappa shape index (κ3) is 3.14. The Bertz CT molecular complexity index is 373. The Balaban J connectivity index is 2.86. The van der Waals surface area contributed by atoms with Crippen LogP contribution in [0.3, 0.4) is 0 Å². The van der Waals surface area contributed by atoms with E-state index in [1.54, 1.807) is 6.07 Å². The molecule has 0 spiro atoms. The van der Waals surface area contributed by atoms with Crippen molar-refractivity contribution in [2.45, 2.75) is 32.8 Å². The van der Waals surface area contributed by atoms with Crippen LogP contribution in [0.2, 0.25) is 5.02 Å². The normalized spacial score (nSPS) is 10.5. The summed E-state index contributed by atoms with van der Waals surface area (Å²) in [5, 5.41) is 9.11. The van der Waals surface area contributed by atoms with Crippen LogP contribution in [0.15, 0.2) is 18.2 Å². The van der Waals surface area contributed by atoms with Gasteiger partial charge >= 0.3 is 5.97 Å². The van der Waals surface area contributed by atoms with Crippen molar-refractivity contribution in [1.82, 2.24) is 0 Å². The van der Waals surface area contributed by atoms with E-state index in [2.05, 4.69) is 0 Å². The molecule has 0 bridgehead atoms. The molecule has 3 nitrogen and oxygen atoms in total. The van der Waals surface area contributed by atoms with Gasteiger partial charge in [-0.05, 0) is 31.0 Å². The zero-order valence-electron chi connectivity index (χ0n) is 9.37. The topological polar surface area (TPSA) is 46.5 Å². The second-order valence-electron chi connectivity index (χ2n) is 3.51. The Morgan fingerprint density at radius 1 is 1.44 bits per heavy atom. The zero-order chi connectivity index (χ0) is 12.1. The van der Waals surface area contributed by atoms with Crippen molar-refractivity contribution in [2.24, 2.45) is 0 Å². The Labute approximate surface area is 100.0 Å². The largest absolute Gasteiger partial charge is 0.489 e. The van der Waals surface area contributed by atoms with Gasteiger partial charge in [-0.3, -0.25) is 0 Å². The fourth-order valence-corrected chi connectivity index (χ4v) is 1.59. The molecule has 0 atom stereocenters. The molecule has 0 aromatic heterocycles. The van der Waals surface area contributed by atoms with Crippen molar-refractivity contribution >= 4 is 17.6 Å². The molecule has 0 aliphatic heterocycles. The van der Waals surface area contributed by atoms with E-state index >= 15 is 0 Å². The van der Waals surface area contributed by atoms with Crippen LogP contribution in [0.25, 0.3) is 0 Å². The number of benzene rings is 1. The summed E-state index contributed by atoms with van der Waals surface area (Å²) in [7, 11) is 0. The lowest BCUT2D eigenvalue weighted by molar-refractivity contribution is 0.0697. The molecule has 88 valence electrons. The second-order valence-corrected chi connectivity index (χ2v) is 3.91. The first-order chi connectivity index (χ1) is 7.58. The summed E-state index contributed by atoms with van der Waals surface area (Å²) >= 11 is 5.94. The molecule has 16 heavy (non-hydrogen) atoms. The molecule has 0 amide bonds. The number of aromatic carboxylic acids is 1. The third-order valence-corrected chi connectivity index (χ3v) is 2.68. The highest BCUT2D eigenvalue weighted by atomic mass is 35.5. The first-order valence-electron chi connectivity index (χ1n) is 5.28. The number of ether oxygens (including phenoxy) is 1. The predicted octanol–water partition coefficient (Wildman–Crippen LogP) is 3.61. The van der Waals surface area contributed by atoms with Gasteiger partial charge < -0.3 is 9.84 Å². The Morgan fingerprint density at radius 2 is 2.06 bits per heavy atom. The van der Waals surface area contributed by atoms with Gasteiger partial charge in [0, 0.05) is 0 Å². The highest BCUT2D eigenvalue weighted by Crippen LogP contribution is 2.27. The number of carboxylic acids is 1. The van der Waals surface area contributed by atoms with Crippen molar-refractivity contribution in [1.29, 1.82) is 0 Å². The molecule has 1 aromatic carbocycles. The van der Waals surface area contributed by atoms with Gasteiger partial charge in [0.25, 0.3) is 0 Å². The molecule has 0 radical (unpaired) electrons. The van der Waals surface area contributed by atoms with E-state index in [4.69, 9.17) is 21.4 Å². The van der Waals surface area contributed by atoms with Crippen LogP contribution >= 0.6 is 11.6 Å². The number of carbonyl (C=O) groups is 1. The highest BCUT2D eigenvalue weighted by molar-refractivity contribution is 6.32. The molecule has 1 N–H and O–H groups in total. The summed E-state index contributed by atoms with van der Waals surface area (Å²) in [6.07, 6.45) is 1.91. The van der Waals surface area contributed by atoms with E-state index in [9.17, 15) is 4.79 Å². The lowest BCUT2D eigenvalue weighted by atomic mass is 10.2. The number of hydrogen-bond donors (Lipinski definition) is 1. The van der Waals surface area contributed by atoms with Crippen molar-refractivity contribution in [3.8, 4) is 5.75 Å². The lowest BCUT2D eigenvalue weighted by Crippen LogP contribution is -2.14. The van der Waals surface area contributed by atoms with Gasteiger partial charge in [-0.1, -0.05) is 25.4 Å². The number of rotatable bonds is 5. The standard InChI is InChI=1S/C12H15ClO3/c1-3-9(4-2)16-11-6-5-8(12(14)15)7-10(11)13/h5-7,9H,3-4H2,1-2H3,(H,14,15). The molecule has 4 heteroatoms. The van der Waals surface area contributed by atoms with Crippen LogP contribution < -0.4 is 4.74 Å². The minimum absolute atomic E-state index is 0.119. The maximum atomic E-state index is 10.7. The molecule has 0 aliphatic rings. The van der Waals surface area contributed by atoms with Gasteiger partial charge in [-0.2, -0.15) is 0 Å². The SMILES string of the molecule is CCC(CC)Oc1ccc(C(=O)O)cc1Cl. The molecule has 0 saturated carbocycles. The monoisotopic (exact) mass is 242 g/mol. The molecule has 0 unspecified atom stereocenters. The van der Waals surface area contributed by atoms with E-state index in [1.807, 2.05) is 13.8 Å². The highest BCUT2D eigenvalue weighted by Gasteiger charge is 2.11. The van der Waals surface area contributed by atoms with E-state index < -0.39 is 5.97 Å². The van der Waals surface area contributed by atoms with Crippen LogP contribution in [-0.4, -0.2) is 17.2 Å². The maximum absolute atomic E-state index is 10.7.